The van der Waals surface area contributed by atoms with Crippen molar-refractivity contribution in [2.75, 3.05) is 23.9 Å². The van der Waals surface area contributed by atoms with Gasteiger partial charge in [0, 0.05) is 18.2 Å². The number of fused-ring (bicyclic) bond motifs is 1. The third-order valence-electron chi connectivity index (χ3n) is 5.68. The molecule has 1 aromatic heterocycles. The van der Waals surface area contributed by atoms with Gasteiger partial charge in [-0.05, 0) is 38.3 Å². The molecule has 1 unspecified atom stereocenters. The lowest BCUT2D eigenvalue weighted by Crippen LogP contribution is -2.47. The molecule has 1 N–H and O–H groups in total. The Hall–Kier alpha value is -1.74. The van der Waals surface area contributed by atoms with E-state index in [0.29, 0.717) is 18.2 Å². The SMILES string of the molecule is CCOc1ccc2nc(SCC(=O)N(C3CCCC3)C3CCS(=O)(=O)C3)[nH]c2c1. The maximum atomic E-state index is 13.1. The van der Waals surface area contributed by atoms with Crippen LogP contribution in [0.1, 0.15) is 39.0 Å². The number of hydrogen-bond donors (Lipinski definition) is 1. The second-order valence-corrected chi connectivity index (χ2v) is 10.9. The van der Waals surface area contributed by atoms with Crippen LogP contribution in [0.3, 0.4) is 0 Å². The lowest BCUT2D eigenvalue weighted by atomic mass is 10.1. The Morgan fingerprint density at radius 3 is 2.76 bits per heavy atom. The number of thioether (sulfide) groups is 1. The van der Waals surface area contributed by atoms with Crippen LogP contribution in [0.5, 0.6) is 5.75 Å². The summed E-state index contributed by atoms with van der Waals surface area (Å²) < 4.78 is 29.5. The molecule has 1 aliphatic heterocycles. The number of rotatable bonds is 7. The van der Waals surface area contributed by atoms with Crippen molar-refractivity contribution in [2.45, 2.75) is 56.3 Å². The predicted molar refractivity (Wildman–Crippen MR) is 114 cm³/mol. The van der Waals surface area contributed by atoms with E-state index in [2.05, 4.69) is 9.97 Å². The first kappa shape index (κ1) is 20.5. The molecule has 0 bridgehead atoms. The van der Waals surface area contributed by atoms with Crippen molar-refractivity contribution < 1.29 is 17.9 Å². The topological polar surface area (TPSA) is 92.4 Å². The van der Waals surface area contributed by atoms with Crippen LogP contribution in [0.25, 0.3) is 11.0 Å². The van der Waals surface area contributed by atoms with Crippen molar-refractivity contribution in [1.29, 1.82) is 0 Å². The minimum absolute atomic E-state index is 0.0134. The molecular weight excluding hydrogens is 410 g/mol. The molecule has 1 aromatic carbocycles. The molecule has 4 rings (SSSR count). The zero-order valence-corrected chi connectivity index (χ0v) is 18.2. The first-order valence-electron chi connectivity index (χ1n) is 10.2. The fourth-order valence-corrected chi connectivity index (χ4v) is 6.84. The predicted octanol–water partition coefficient (Wildman–Crippen LogP) is 3.01. The number of nitrogens with zero attached hydrogens (tertiary/aromatic N) is 2. The number of H-pyrrole nitrogens is 1. The third kappa shape index (κ3) is 4.71. The Morgan fingerprint density at radius 1 is 1.28 bits per heavy atom. The second-order valence-electron chi connectivity index (χ2n) is 7.74. The van der Waals surface area contributed by atoms with Crippen LogP contribution in [0.4, 0.5) is 0 Å². The van der Waals surface area contributed by atoms with Crippen molar-refractivity contribution in [1.82, 2.24) is 14.9 Å². The number of hydrogen-bond acceptors (Lipinski definition) is 6. The minimum atomic E-state index is -3.03. The molecule has 9 heteroatoms. The first-order valence-corrected chi connectivity index (χ1v) is 13.0. The van der Waals surface area contributed by atoms with Crippen molar-refractivity contribution in [2.24, 2.45) is 0 Å². The monoisotopic (exact) mass is 437 g/mol. The summed E-state index contributed by atoms with van der Waals surface area (Å²) in [4.78, 5) is 22.8. The van der Waals surface area contributed by atoms with Crippen LogP contribution >= 0.6 is 11.8 Å². The highest BCUT2D eigenvalue weighted by Crippen LogP contribution is 2.30. The number of amides is 1. The Bertz CT molecular complexity index is 983. The second kappa shape index (κ2) is 8.55. The fraction of sp³-hybridized carbons (Fsp3) is 0.600. The highest BCUT2D eigenvalue weighted by Gasteiger charge is 2.38. The molecule has 0 spiro atoms. The van der Waals surface area contributed by atoms with E-state index in [1.54, 1.807) is 0 Å². The fourth-order valence-electron chi connectivity index (χ4n) is 4.38. The van der Waals surface area contributed by atoms with Gasteiger partial charge >= 0.3 is 0 Å². The summed E-state index contributed by atoms with van der Waals surface area (Å²) in [6.45, 7) is 2.54. The van der Waals surface area contributed by atoms with Gasteiger partial charge in [-0.15, -0.1) is 0 Å². The molecule has 2 aromatic rings. The maximum Gasteiger partial charge on any atom is 0.233 e. The number of aromatic amines is 1. The van der Waals surface area contributed by atoms with Crippen molar-refractivity contribution in [3.05, 3.63) is 18.2 Å². The van der Waals surface area contributed by atoms with Crippen molar-refractivity contribution in [3.63, 3.8) is 0 Å². The highest BCUT2D eigenvalue weighted by molar-refractivity contribution is 7.99. The molecule has 7 nitrogen and oxygen atoms in total. The Balaban J connectivity index is 1.45. The molecule has 2 fully saturated rings. The number of benzene rings is 1. The van der Waals surface area contributed by atoms with Gasteiger partial charge in [-0.25, -0.2) is 13.4 Å². The minimum Gasteiger partial charge on any atom is -0.494 e. The Kier molecular flexibility index (Phi) is 6.06. The zero-order valence-electron chi connectivity index (χ0n) is 16.6. The molecule has 1 saturated heterocycles. The summed E-state index contributed by atoms with van der Waals surface area (Å²) in [7, 11) is -3.03. The number of aromatic nitrogens is 2. The van der Waals surface area contributed by atoms with Gasteiger partial charge in [-0.1, -0.05) is 24.6 Å². The number of carbonyl (C=O) groups excluding carboxylic acids is 1. The molecule has 158 valence electrons. The van der Waals surface area contributed by atoms with Crippen LogP contribution in [-0.2, 0) is 14.6 Å². The smallest absolute Gasteiger partial charge is 0.233 e. The van der Waals surface area contributed by atoms with Crippen LogP contribution in [-0.4, -0.2) is 65.1 Å². The van der Waals surface area contributed by atoms with E-state index >= 15 is 0 Å². The van der Waals surface area contributed by atoms with Gasteiger partial charge in [0.25, 0.3) is 0 Å². The molecule has 1 aliphatic carbocycles. The van der Waals surface area contributed by atoms with Crippen molar-refractivity contribution in [3.8, 4) is 5.75 Å². The molecular formula is C20H27N3O4S2. The number of sulfone groups is 1. The summed E-state index contributed by atoms with van der Waals surface area (Å²) in [5, 5.41) is 0.687. The molecule has 2 heterocycles. The van der Waals surface area contributed by atoms with E-state index in [1.165, 1.54) is 11.8 Å². The number of nitrogens with one attached hydrogen (secondary N) is 1. The van der Waals surface area contributed by atoms with Crippen LogP contribution in [0.2, 0.25) is 0 Å². The van der Waals surface area contributed by atoms with E-state index in [-0.39, 0.29) is 35.2 Å². The van der Waals surface area contributed by atoms with Gasteiger partial charge in [0.15, 0.2) is 15.0 Å². The van der Waals surface area contributed by atoms with Gasteiger partial charge in [0.1, 0.15) is 5.75 Å². The van der Waals surface area contributed by atoms with Crippen LogP contribution in [0.15, 0.2) is 23.4 Å². The Labute approximate surface area is 175 Å². The van der Waals surface area contributed by atoms with Gasteiger partial charge in [-0.2, -0.15) is 0 Å². The molecule has 0 radical (unpaired) electrons. The first-order chi connectivity index (χ1) is 13.9. The van der Waals surface area contributed by atoms with Gasteiger partial charge < -0.3 is 14.6 Å². The summed E-state index contributed by atoms with van der Waals surface area (Å²) in [6, 6.07) is 5.68. The lowest BCUT2D eigenvalue weighted by Gasteiger charge is -2.34. The number of carbonyl (C=O) groups is 1. The van der Waals surface area contributed by atoms with Gasteiger partial charge in [-0.3, -0.25) is 4.79 Å². The standard InChI is InChI=1S/C20H27N3O4S2/c1-2-27-16-7-8-17-18(11-16)22-20(21-17)28-12-19(24)23(14-5-3-4-6-14)15-9-10-29(25,26)13-15/h7-8,11,14-15H,2-6,9-10,12-13H2,1H3,(H,21,22). The van der Waals surface area contributed by atoms with Crippen LogP contribution in [0, 0.1) is 0 Å². The van der Waals surface area contributed by atoms with Crippen molar-refractivity contribution >= 4 is 38.5 Å². The zero-order chi connectivity index (χ0) is 20.4. The summed E-state index contributed by atoms with van der Waals surface area (Å²) in [5.41, 5.74) is 1.71. The summed E-state index contributed by atoms with van der Waals surface area (Å²) >= 11 is 1.37. The van der Waals surface area contributed by atoms with E-state index in [4.69, 9.17) is 4.74 Å². The van der Waals surface area contributed by atoms with E-state index < -0.39 is 9.84 Å². The molecule has 1 saturated carbocycles. The van der Waals surface area contributed by atoms with E-state index in [9.17, 15) is 13.2 Å². The lowest BCUT2D eigenvalue weighted by molar-refractivity contribution is -0.132. The highest BCUT2D eigenvalue weighted by atomic mass is 32.2. The molecule has 1 atom stereocenters. The summed E-state index contributed by atoms with van der Waals surface area (Å²) in [5.74, 6) is 1.34. The van der Waals surface area contributed by atoms with E-state index in [1.807, 2.05) is 30.0 Å². The number of ether oxygens (including phenoxy) is 1. The van der Waals surface area contributed by atoms with Crippen LogP contribution < -0.4 is 4.74 Å². The summed E-state index contributed by atoms with van der Waals surface area (Å²) in [6.07, 6.45) is 4.70. The normalized spacial score (nSPS) is 21.6. The van der Waals surface area contributed by atoms with E-state index in [0.717, 1.165) is 42.5 Å². The van der Waals surface area contributed by atoms with Gasteiger partial charge in [0.05, 0.1) is 34.9 Å². The molecule has 29 heavy (non-hydrogen) atoms. The number of imidazole rings is 1. The average molecular weight is 438 g/mol. The quantitative estimate of drug-likeness (QED) is 0.670. The molecule has 2 aliphatic rings. The average Bonchev–Trinajstić information content (AvgIpc) is 3.40. The largest absolute Gasteiger partial charge is 0.494 e. The third-order valence-corrected chi connectivity index (χ3v) is 8.29. The maximum absolute atomic E-state index is 13.1. The Morgan fingerprint density at radius 2 is 2.07 bits per heavy atom. The van der Waals surface area contributed by atoms with Gasteiger partial charge in [0.2, 0.25) is 5.91 Å². The molecule has 1 amide bonds.